The maximum absolute atomic E-state index is 13.6. The summed E-state index contributed by atoms with van der Waals surface area (Å²) in [6.07, 6.45) is 4.52. The molecule has 0 aliphatic carbocycles. The summed E-state index contributed by atoms with van der Waals surface area (Å²) in [4.78, 5) is 14.3. The van der Waals surface area contributed by atoms with Gasteiger partial charge in [-0.05, 0) is 51.3 Å². The zero-order valence-electron chi connectivity index (χ0n) is 15.6. The molecule has 25 heavy (non-hydrogen) atoms. The van der Waals surface area contributed by atoms with Gasteiger partial charge in [-0.1, -0.05) is 26.2 Å². The Hall–Kier alpha value is -1.65. The highest BCUT2D eigenvalue weighted by atomic mass is 19.1. The minimum Gasteiger partial charge on any atom is -0.444 e. The number of amides is 1. The first-order valence-corrected chi connectivity index (χ1v) is 9.15. The second-order valence-electron chi connectivity index (χ2n) is 7.92. The molecule has 5 heteroatoms. The monoisotopic (exact) mass is 353 g/mol. The molecule has 0 spiro atoms. The van der Waals surface area contributed by atoms with Crippen LogP contribution in [-0.2, 0) is 4.74 Å². The lowest BCUT2D eigenvalue weighted by molar-refractivity contribution is 0.0217. The fourth-order valence-corrected chi connectivity index (χ4v) is 3.42. The lowest BCUT2D eigenvalue weighted by atomic mass is 9.94. The van der Waals surface area contributed by atoms with Crippen LogP contribution < -0.4 is 0 Å². The van der Waals surface area contributed by atoms with E-state index in [0.717, 1.165) is 31.7 Å². The number of hydrogen-bond acceptors (Lipinski definition) is 2. The van der Waals surface area contributed by atoms with Gasteiger partial charge in [-0.2, -0.15) is 0 Å². The number of hydrogen-bond donors (Lipinski definition) is 0. The van der Waals surface area contributed by atoms with Gasteiger partial charge >= 0.3 is 6.09 Å². The number of carbonyl (C=O) groups is 1. The Bertz CT molecular complexity index is 578. The average molecular weight is 353 g/mol. The molecule has 1 heterocycles. The van der Waals surface area contributed by atoms with Gasteiger partial charge in [0.15, 0.2) is 0 Å². The van der Waals surface area contributed by atoms with Crippen molar-refractivity contribution in [3.8, 4) is 0 Å². The second-order valence-corrected chi connectivity index (χ2v) is 7.92. The highest BCUT2D eigenvalue weighted by Crippen LogP contribution is 2.35. The molecule has 1 aromatic carbocycles. The van der Waals surface area contributed by atoms with Crippen molar-refractivity contribution in [2.75, 3.05) is 6.54 Å². The highest BCUT2D eigenvalue weighted by Gasteiger charge is 2.37. The number of ether oxygens (including phenoxy) is 1. The zero-order valence-corrected chi connectivity index (χ0v) is 15.6. The normalized spacial score (nSPS) is 20.8. The molecule has 1 unspecified atom stereocenters. The van der Waals surface area contributed by atoms with Crippen molar-refractivity contribution in [1.82, 2.24) is 4.90 Å². The van der Waals surface area contributed by atoms with Crippen molar-refractivity contribution in [2.45, 2.75) is 77.4 Å². The molecule has 140 valence electrons. The Morgan fingerprint density at radius 3 is 2.40 bits per heavy atom. The third kappa shape index (κ3) is 5.68. The molecular formula is C20H29F2NO2. The summed E-state index contributed by atoms with van der Waals surface area (Å²) in [6, 6.07) is 3.67. The van der Waals surface area contributed by atoms with E-state index >= 15 is 0 Å². The molecule has 1 aliphatic heterocycles. The second kappa shape index (κ2) is 8.15. The average Bonchev–Trinajstić information content (AvgIpc) is 2.89. The van der Waals surface area contributed by atoms with Crippen molar-refractivity contribution in [3.05, 3.63) is 35.4 Å². The molecule has 0 N–H and O–H groups in total. The molecule has 1 aliphatic rings. The van der Waals surface area contributed by atoms with Gasteiger partial charge in [0.25, 0.3) is 0 Å². The van der Waals surface area contributed by atoms with Gasteiger partial charge in [0.05, 0.1) is 0 Å². The van der Waals surface area contributed by atoms with E-state index in [0.29, 0.717) is 18.5 Å². The quantitative estimate of drug-likeness (QED) is 0.641. The van der Waals surface area contributed by atoms with Gasteiger partial charge < -0.3 is 9.64 Å². The number of carbonyl (C=O) groups excluding carboxylic acids is 1. The largest absolute Gasteiger partial charge is 0.444 e. The Kier molecular flexibility index (Phi) is 6.42. The van der Waals surface area contributed by atoms with E-state index in [-0.39, 0.29) is 18.1 Å². The van der Waals surface area contributed by atoms with Crippen LogP contribution in [0.5, 0.6) is 0 Å². The highest BCUT2D eigenvalue weighted by molar-refractivity contribution is 5.69. The first-order valence-electron chi connectivity index (χ1n) is 9.15. The lowest BCUT2D eigenvalue weighted by Gasteiger charge is -2.28. The number of nitrogens with zero attached hydrogens (tertiary/aromatic N) is 1. The molecule has 1 aromatic rings. The number of benzene rings is 1. The van der Waals surface area contributed by atoms with Crippen LogP contribution in [0.4, 0.5) is 13.6 Å². The van der Waals surface area contributed by atoms with E-state index in [9.17, 15) is 13.6 Å². The molecule has 1 amide bonds. The molecule has 1 fully saturated rings. The summed E-state index contributed by atoms with van der Waals surface area (Å²) < 4.78 is 32.6. The zero-order chi connectivity index (χ0) is 18.6. The summed E-state index contributed by atoms with van der Waals surface area (Å²) >= 11 is 0. The van der Waals surface area contributed by atoms with Crippen LogP contribution in [0, 0.1) is 11.6 Å². The lowest BCUT2D eigenvalue weighted by Crippen LogP contribution is -2.40. The molecule has 0 saturated carbocycles. The molecule has 0 bridgehead atoms. The van der Waals surface area contributed by atoms with E-state index in [1.807, 2.05) is 20.8 Å². The van der Waals surface area contributed by atoms with Crippen molar-refractivity contribution >= 4 is 6.09 Å². The summed E-state index contributed by atoms with van der Waals surface area (Å²) in [5, 5.41) is 0. The predicted molar refractivity (Wildman–Crippen MR) is 94.6 cm³/mol. The molecule has 0 aromatic heterocycles. The number of unbranched alkanes of at least 4 members (excludes halogenated alkanes) is 2. The van der Waals surface area contributed by atoms with Gasteiger partial charge in [0.2, 0.25) is 0 Å². The molecule has 3 nitrogen and oxygen atoms in total. The molecule has 0 radical (unpaired) electrons. The summed E-state index contributed by atoms with van der Waals surface area (Å²) in [5.41, 5.74) is 0.0535. The van der Waals surface area contributed by atoms with E-state index in [1.54, 1.807) is 4.90 Å². The van der Waals surface area contributed by atoms with Gasteiger partial charge in [-0.15, -0.1) is 0 Å². The topological polar surface area (TPSA) is 29.5 Å². The predicted octanol–water partition coefficient (Wildman–Crippen LogP) is 5.64. The molecule has 2 rings (SSSR count). The van der Waals surface area contributed by atoms with Crippen LogP contribution in [0.25, 0.3) is 0 Å². The fourth-order valence-electron chi connectivity index (χ4n) is 3.42. The minimum atomic E-state index is -0.576. The van der Waals surface area contributed by atoms with E-state index in [4.69, 9.17) is 4.74 Å². The van der Waals surface area contributed by atoms with Crippen LogP contribution in [0.2, 0.25) is 0 Å². The van der Waals surface area contributed by atoms with Crippen LogP contribution in [0.1, 0.15) is 71.3 Å². The Morgan fingerprint density at radius 1 is 1.20 bits per heavy atom. The maximum atomic E-state index is 13.6. The standard InChI is InChI=1S/C20H29F2NO2/c1-5-6-7-8-18-11-15(14-9-16(21)12-17(22)10-14)13-23(18)19(24)25-20(2,3)4/h9-10,12,15,18H,5-8,11,13H2,1-4H3/t15-,18?/m1/s1. The van der Waals surface area contributed by atoms with Crippen LogP contribution in [0.3, 0.4) is 0 Å². The van der Waals surface area contributed by atoms with Crippen LogP contribution >= 0.6 is 0 Å². The van der Waals surface area contributed by atoms with Gasteiger partial charge in [0.1, 0.15) is 17.2 Å². The number of likely N-dealkylation sites (tertiary alicyclic amines) is 1. The van der Waals surface area contributed by atoms with Crippen molar-refractivity contribution in [3.63, 3.8) is 0 Å². The SMILES string of the molecule is CCCCCC1C[C@@H](c2cc(F)cc(F)c2)CN1C(=O)OC(C)(C)C. The molecular weight excluding hydrogens is 324 g/mol. The van der Waals surface area contributed by atoms with Crippen molar-refractivity contribution < 1.29 is 18.3 Å². The van der Waals surface area contributed by atoms with Gasteiger partial charge in [-0.25, -0.2) is 13.6 Å². The van der Waals surface area contributed by atoms with E-state index < -0.39 is 17.2 Å². The van der Waals surface area contributed by atoms with Crippen LogP contribution in [-0.4, -0.2) is 29.2 Å². The number of rotatable bonds is 5. The van der Waals surface area contributed by atoms with E-state index in [1.165, 1.54) is 12.1 Å². The van der Waals surface area contributed by atoms with E-state index in [2.05, 4.69) is 6.92 Å². The fraction of sp³-hybridized carbons (Fsp3) is 0.650. The first kappa shape index (κ1) is 19.7. The van der Waals surface area contributed by atoms with Crippen molar-refractivity contribution in [2.24, 2.45) is 0 Å². The van der Waals surface area contributed by atoms with Gasteiger partial charge in [-0.3, -0.25) is 0 Å². The third-order valence-electron chi connectivity index (χ3n) is 4.54. The Labute approximate surface area is 149 Å². The summed E-state index contributed by atoms with van der Waals surface area (Å²) in [5.74, 6) is -1.22. The van der Waals surface area contributed by atoms with Crippen LogP contribution in [0.15, 0.2) is 18.2 Å². The molecule has 2 atom stereocenters. The summed E-state index contributed by atoms with van der Waals surface area (Å²) in [6.45, 7) is 8.10. The first-order chi connectivity index (χ1) is 11.7. The molecule has 1 saturated heterocycles. The van der Waals surface area contributed by atoms with Gasteiger partial charge in [0, 0.05) is 24.6 Å². The number of halogens is 2. The smallest absolute Gasteiger partial charge is 0.410 e. The summed E-state index contributed by atoms with van der Waals surface area (Å²) in [7, 11) is 0. The third-order valence-corrected chi connectivity index (χ3v) is 4.54. The Morgan fingerprint density at radius 2 is 1.84 bits per heavy atom. The van der Waals surface area contributed by atoms with Crippen molar-refractivity contribution in [1.29, 1.82) is 0 Å². The maximum Gasteiger partial charge on any atom is 0.410 e. The Balaban J connectivity index is 2.15. The minimum absolute atomic E-state index is 0.0535.